The molecule has 3 aromatic carbocycles. The van der Waals surface area contributed by atoms with Crippen molar-refractivity contribution in [3.8, 4) is 11.5 Å². The van der Waals surface area contributed by atoms with Crippen LogP contribution in [-0.4, -0.2) is 42.5 Å². The Balaban J connectivity index is 0.00000304. The molecule has 190 valence electrons. The van der Waals surface area contributed by atoms with Gasteiger partial charge in [0.2, 0.25) is 5.91 Å². The van der Waals surface area contributed by atoms with Crippen molar-refractivity contribution in [3.05, 3.63) is 92.5 Å². The molecule has 1 amide bonds. The SMILES string of the molecule is COc1cc2c(cc1OC)CN(C(=O)C1Cc3ccccc3CN1Cc1cccc(Cl)c1Cl)CC2.Cl. The number of rotatable bonds is 5. The number of benzene rings is 3. The molecule has 8 heteroatoms. The zero-order valence-electron chi connectivity index (χ0n) is 20.3. The van der Waals surface area contributed by atoms with E-state index < -0.39 is 0 Å². The van der Waals surface area contributed by atoms with Crippen LogP contribution in [0.25, 0.3) is 0 Å². The number of carbonyl (C=O) groups excluding carboxylic acids is 1. The minimum Gasteiger partial charge on any atom is -0.493 e. The highest BCUT2D eigenvalue weighted by Gasteiger charge is 2.35. The van der Waals surface area contributed by atoms with E-state index in [1.165, 1.54) is 16.7 Å². The van der Waals surface area contributed by atoms with Gasteiger partial charge in [0, 0.05) is 26.2 Å². The lowest BCUT2D eigenvalue weighted by atomic mass is 9.91. The lowest BCUT2D eigenvalue weighted by Gasteiger charge is -2.40. The van der Waals surface area contributed by atoms with E-state index in [9.17, 15) is 4.79 Å². The van der Waals surface area contributed by atoms with Gasteiger partial charge in [0.15, 0.2) is 11.5 Å². The number of methoxy groups -OCH3 is 2. The van der Waals surface area contributed by atoms with Gasteiger partial charge >= 0.3 is 0 Å². The van der Waals surface area contributed by atoms with Gasteiger partial charge in [0.1, 0.15) is 0 Å². The van der Waals surface area contributed by atoms with Gasteiger partial charge in [-0.05, 0) is 58.9 Å². The summed E-state index contributed by atoms with van der Waals surface area (Å²) >= 11 is 12.8. The zero-order chi connectivity index (χ0) is 24.5. The van der Waals surface area contributed by atoms with Gasteiger partial charge in [-0.3, -0.25) is 9.69 Å². The highest BCUT2D eigenvalue weighted by Crippen LogP contribution is 2.35. The first kappa shape index (κ1) is 26.6. The van der Waals surface area contributed by atoms with Crippen LogP contribution in [0.3, 0.4) is 0 Å². The summed E-state index contributed by atoms with van der Waals surface area (Å²) in [6.07, 6.45) is 1.45. The smallest absolute Gasteiger partial charge is 0.240 e. The van der Waals surface area contributed by atoms with Gasteiger partial charge in [0.05, 0.1) is 30.3 Å². The van der Waals surface area contributed by atoms with Crippen LogP contribution >= 0.6 is 35.6 Å². The molecule has 1 unspecified atom stereocenters. The molecule has 36 heavy (non-hydrogen) atoms. The molecule has 0 saturated carbocycles. The Kier molecular flexibility index (Phi) is 8.36. The Hall–Kier alpha value is -2.44. The second kappa shape index (κ2) is 11.3. The molecule has 3 aromatic rings. The van der Waals surface area contributed by atoms with Crippen LogP contribution in [0.2, 0.25) is 10.0 Å². The molecule has 2 heterocycles. The summed E-state index contributed by atoms with van der Waals surface area (Å²) in [6.45, 7) is 2.47. The van der Waals surface area contributed by atoms with Gasteiger partial charge < -0.3 is 14.4 Å². The third-order valence-corrected chi connectivity index (χ3v) is 7.92. The summed E-state index contributed by atoms with van der Waals surface area (Å²) in [6, 6.07) is 17.8. The van der Waals surface area contributed by atoms with E-state index >= 15 is 0 Å². The molecule has 2 aliphatic rings. The van der Waals surface area contributed by atoms with E-state index in [1.807, 2.05) is 35.2 Å². The Morgan fingerprint density at radius 3 is 2.33 bits per heavy atom. The summed E-state index contributed by atoms with van der Waals surface area (Å²) in [5.41, 5.74) is 5.70. The molecule has 0 bridgehead atoms. The first-order valence-corrected chi connectivity index (χ1v) is 12.5. The zero-order valence-corrected chi connectivity index (χ0v) is 22.6. The van der Waals surface area contributed by atoms with Crippen molar-refractivity contribution in [1.82, 2.24) is 9.80 Å². The van der Waals surface area contributed by atoms with Crippen molar-refractivity contribution in [3.63, 3.8) is 0 Å². The first-order valence-electron chi connectivity index (χ1n) is 11.7. The quantitative estimate of drug-likeness (QED) is 0.396. The average molecular weight is 548 g/mol. The fourth-order valence-corrected chi connectivity index (χ4v) is 5.54. The monoisotopic (exact) mass is 546 g/mol. The molecule has 0 N–H and O–H groups in total. The molecule has 0 aliphatic carbocycles. The number of hydrogen-bond acceptors (Lipinski definition) is 4. The van der Waals surface area contributed by atoms with Crippen LogP contribution in [0.4, 0.5) is 0 Å². The summed E-state index contributed by atoms with van der Waals surface area (Å²) in [5, 5.41) is 1.08. The summed E-state index contributed by atoms with van der Waals surface area (Å²) < 4.78 is 11.0. The normalized spacial score (nSPS) is 17.0. The minimum atomic E-state index is -0.276. The van der Waals surface area contributed by atoms with Gasteiger partial charge in [-0.2, -0.15) is 0 Å². The van der Waals surface area contributed by atoms with Gasteiger partial charge in [-0.25, -0.2) is 0 Å². The van der Waals surface area contributed by atoms with E-state index in [0.29, 0.717) is 48.4 Å². The summed E-state index contributed by atoms with van der Waals surface area (Å²) in [5.74, 6) is 1.54. The standard InChI is InChI=1S/C28H28Cl2N2O3.ClH/c1-34-25-13-19-10-11-31(17-22(19)14-26(25)35-2)28(33)24-12-18-6-3-4-7-20(18)15-32(24)16-21-8-5-9-23(29)27(21)30;/h3-9,13-14,24H,10-12,15-17H2,1-2H3;1H. The topological polar surface area (TPSA) is 42.0 Å². The number of hydrogen-bond donors (Lipinski definition) is 0. The fraction of sp³-hybridized carbons (Fsp3) is 0.321. The van der Waals surface area contributed by atoms with E-state index in [0.717, 1.165) is 23.3 Å². The molecule has 0 aromatic heterocycles. The van der Waals surface area contributed by atoms with Crippen molar-refractivity contribution >= 4 is 41.5 Å². The average Bonchev–Trinajstić information content (AvgIpc) is 2.89. The number of nitrogens with zero attached hydrogens (tertiary/aromatic N) is 2. The molecule has 0 saturated heterocycles. The second-order valence-electron chi connectivity index (χ2n) is 9.09. The van der Waals surface area contributed by atoms with Crippen molar-refractivity contribution < 1.29 is 14.3 Å². The fourth-order valence-electron chi connectivity index (χ4n) is 5.16. The molecule has 2 aliphatic heterocycles. The number of amides is 1. The summed E-state index contributed by atoms with van der Waals surface area (Å²) in [4.78, 5) is 18.2. The Morgan fingerprint density at radius 1 is 0.917 bits per heavy atom. The van der Waals surface area contributed by atoms with Crippen molar-refractivity contribution in [2.45, 2.75) is 38.5 Å². The maximum atomic E-state index is 14.0. The van der Waals surface area contributed by atoms with E-state index in [-0.39, 0.29) is 24.4 Å². The molecular weight excluding hydrogens is 519 g/mol. The molecular formula is C28H29Cl3N2O3. The highest BCUT2D eigenvalue weighted by molar-refractivity contribution is 6.42. The number of carbonyl (C=O) groups is 1. The van der Waals surface area contributed by atoms with Gasteiger partial charge in [-0.15, -0.1) is 12.4 Å². The molecule has 5 rings (SSSR count). The number of halogens is 3. The van der Waals surface area contributed by atoms with Crippen LogP contribution in [0, 0.1) is 0 Å². The predicted molar refractivity (Wildman–Crippen MR) is 146 cm³/mol. The second-order valence-corrected chi connectivity index (χ2v) is 9.88. The maximum absolute atomic E-state index is 14.0. The molecule has 1 atom stereocenters. The van der Waals surface area contributed by atoms with Crippen molar-refractivity contribution in [2.75, 3.05) is 20.8 Å². The Bertz CT molecular complexity index is 1270. The van der Waals surface area contributed by atoms with Crippen molar-refractivity contribution in [1.29, 1.82) is 0 Å². The Morgan fingerprint density at radius 2 is 1.61 bits per heavy atom. The largest absolute Gasteiger partial charge is 0.493 e. The van der Waals surface area contributed by atoms with Crippen LogP contribution in [0.1, 0.15) is 27.8 Å². The molecule has 0 radical (unpaired) electrons. The third-order valence-electron chi connectivity index (χ3n) is 7.07. The van der Waals surface area contributed by atoms with Crippen LogP contribution in [-0.2, 0) is 37.3 Å². The van der Waals surface area contributed by atoms with Crippen LogP contribution < -0.4 is 9.47 Å². The molecule has 0 spiro atoms. The predicted octanol–water partition coefficient (Wildman–Crippen LogP) is 5.94. The molecule has 0 fully saturated rings. The first-order chi connectivity index (χ1) is 17.0. The third kappa shape index (κ3) is 5.16. The van der Waals surface area contributed by atoms with Crippen LogP contribution in [0.5, 0.6) is 11.5 Å². The maximum Gasteiger partial charge on any atom is 0.240 e. The summed E-state index contributed by atoms with van der Waals surface area (Å²) in [7, 11) is 3.28. The minimum absolute atomic E-state index is 0. The highest BCUT2D eigenvalue weighted by atomic mass is 35.5. The van der Waals surface area contributed by atoms with E-state index in [2.05, 4.69) is 23.1 Å². The number of ether oxygens (including phenoxy) is 2. The Labute approximate surface area is 228 Å². The lowest BCUT2D eigenvalue weighted by molar-refractivity contribution is -0.139. The lowest BCUT2D eigenvalue weighted by Crippen LogP contribution is -2.52. The van der Waals surface area contributed by atoms with Gasteiger partial charge in [-0.1, -0.05) is 59.6 Å². The molecule has 5 nitrogen and oxygen atoms in total. The number of fused-ring (bicyclic) bond motifs is 2. The van der Waals surface area contributed by atoms with Crippen molar-refractivity contribution in [2.24, 2.45) is 0 Å². The van der Waals surface area contributed by atoms with Gasteiger partial charge in [0.25, 0.3) is 0 Å². The van der Waals surface area contributed by atoms with E-state index in [1.54, 1.807) is 20.3 Å². The van der Waals surface area contributed by atoms with Crippen LogP contribution in [0.15, 0.2) is 54.6 Å². The van der Waals surface area contributed by atoms with E-state index in [4.69, 9.17) is 32.7 Å².